The maximum Gasteiger partial charge on any atom is 0.326 e. The molecule has 0 radical (unpaired) electrons. The Kier molecular flexibility index (Phi) is 2.18. The van der Waals surface area contributed by atoms with Gasteiger partial charge in [-0.3, -0.25) is 4.79 Å². The number of aromatic nitrogens is 1. The number of aliphatic carboxylic acids is 1. The average molecular weight is 208 g/mol. The second-order valence-corrected chi connectivity index (χ2v) is 3.68. The number of carboxylic acid groups (broad SMARTS) is 1. The molecule has 5 heteroatoms. The van der Waals surface area contributed by atoms with Crippen molar-refractivity contribution in [2.45, 2.75) is 6.04 Å². The Balaban J connectivity index is 2.58. The Labute approximate surface area is 84.1 Å². The molecule has 0 aliphatic carbocycles. The van der Waals surface area contributed by atoms with Crippen LogP contribution in [0.15, 0.2) is 24.3 Å². The van der Waals surface area contributed by atoms with Gasteiger partial charge in [-0.2, -0.15) is 4.37 Å². The van der Waals surface area contributed by atoms with Crippen molar-refractivity contribution in [3.63, 3.8) is 0 Å². The molecular weight excluding hydrogens is 200 g/mol. The molecular formula is C9H8N2O2S. The average Bonchev–Trinajstić information content (AvgIpc) is 2.60. The number of benzene rings is 1. The minimum atomic E-state index is -1.03. The molecule has 0 fully saturated rings. The topological polar surface area (TPSA) is 76.2 Å². The molecule has 1 heterocycles. The number of carbonyl (C=O) groups is 1. The highest BCUT2D eigenvalue weighted by Crippen LogP contribution is 2.26. The fourth-order valence-corrected chi connectivity index (χ4v) is 2.09. The van der Waals surface area contributed by atoms with E-state index in [2.05, 4.69) is 4.37 Å². The number of hydrogen-bond acceptors (Lipinski definition) is 4. The quantitative estimate of drug-likeness (QED) is 0.781. The number of nitrogens with two attached hydrogens (primary N) is 1. The van der Waals surface area contributed by atoms with Gasteiger partial charge in [0.05, 0.1) is 10.4 Å². The van der Waals surface area contributed by atoms with Crippen LogP contribution in [0.4, 0.5) is 0 Å². The fraction of sp³-hybridized carbons (Fsp3) is 0.111. The summed E-state index contributed by atoms with van der Waals surface area (Å²) in [7, 11) is 0. The summed E-state index contributed by atoms with van der Waals surface area (Å²) in [5, 5.41) is 9.59. The van der Waals surface area contributed by atoms with Gasteiger partial charge in [0.25, 0.3) is 0 Å². The second kappa shape index (κ2) is 3.36. The first-order valence-electron chi connectivity index (χ1n) is 4.03. The summed E-state index contributed by atoms with van der Waals surface area (Å²) in [6.07, 6.45) is 0. The van der Waals surface area contributed by atoms with Crippen molar-refractivity contribution in [1.82, 2.24) is 4.37 Å². The van der Waals surface area contributed by atoms with Crippen molar-refractivity contribution in [3.8, 4) is 0 Å². The third-order valence-electron chi connectivity index (χ3n) is 1.96. The van der Waals surface area contributed by atoms with E-state index in [1.807, 2.05) is 24.3 Å². The highest BCUT2D eigenvalue weighted by molar-refractivity contribution is 7.07. The number of nitrogens with zero attached hydrogens (tertiary/aromatic N) is 1. The molecule has 1 aromatic carbocycles. The number of hydrogen-bond donors (Lipinski definition) is 2. The van der Waals surface area contributed by atoms with E-state index in [1.165, 1.54) is 0 Å². The summed E-state index contributed by atoms with van der Waals surface area (Å²) in [6.45, 7) is 0. The predicted octanol–water partition coefficient (Wildman–Crippen LogP) is 1.38. The Morgan fingerprint density at radius 1 is 1.50 bits per heavy atom. The predicted molar refractivity (Wildman–Crippen MR) is 54.2 cm³/mol. The van der Waals surface area contributed by atoms with Crippen LogP contribution in [-0.4, -0.2) is 15.4 Å². The molecule has 2 aromatic rings. The number of carboxylic acids is 1. The highest BCUT2D eigenvalue weighted by atomic mass is 32.1. The lowest BCUT2D eigenvalue weighted by Crippen LogP contribution is -2.19. The Morgan fingerprint density at radius 3 is 2.93 bits per heavy atom. The van der Waals surface area contributed by atoms with E-state index in [4.69, 9.17) is 10.8 Å². The summed E-state index contributed by atoms with van der Waals surface area (Å²) in [4.78, 5) is 11.3. The number of rotatable bonds is 2. The zero-order valence-corrected chi connectivity index (χ0v) is 7.99. The van der Waals surface area contributed by atoms with E-state index in [1.54, 1.807) is 0 Å². The summed E-state index contributed by atoms with van der Waals surface area (Å²) < 4.78 is 4.12. The molecule has 0 saturated carbocycles. The summed E-state index contributed by atoms with van der Waals surface area (Å²) in [5.41, 5.74) is 6.31. The SMILES string of the molecule is NC(C(=O)O)c1snc2ccccc12. The van der Waals surface area contributed by atoms with Crippen molar-refractivity contribution in [2.24, 2.45) is 5.73 Å². The molecule has 0 aliphatic rings. The third kappa shape index (κ3) is 1.36. The number of fused-ring (bicyclic) bond motifs is 1. The van der Waals surface area contributed by atoms with Crippen LogP contribution in [0.5, 0.6) is 0 Å². The van der Waals surface area contributed by atoms with E-state index in [0.29, 0.717) is 4.88 Å². The lowest BCUT2D eigenvalue weighted by molar-refractivity contribution is -0.138. The van der Waals surface area contributed by atoms with Crippen LogP contribution < -0.4 is 5.73 Å². The first-order chi connectivity index (χ1) is 6.70. The van der Waals surface area contributed by atoms with Gasteiger partial charge in [0.2, 0.25) is 0 Å². The van der Waals surface area contributed by atoms with Gasteiger partial charge in [-0.05, 0) is 17.6 Å². The van der Waals surface area contributed by atoms with Crippen molar-refractivity contribution in [2.75, 3.05) is 0 Å². The summed E-state index contributed by atoms with van der Waals surface area (Å²) in [6, 6.07) is 6.39. The van der Waals surface area contributed by atoms with E-state index in [9.17, 15) is 4.79 Å². The molecule has 4 nitrogen and oxygen atoms in total. The molecule has 1 atom stereocenters. The van der Waals surface area contributed by atoms with Gasteiger partial charge >= 0.3 is 5.97 Å². The van der Waals surface area contributed by atoms with Crippen LogP contribution in [0.1, 0.15) is 10.9 Å². The monoisotopic (exact) mass is 208 g/mol. The minimum absolute atomic E-state index is 0.605. The van der Waals surface area contributed by atoms with Crippen LogP contribution in [0.3, 0.4) is 0 Å². The minimum Gasteiger partial charge on any atom is -0.480 e. The van der Waals surface area contributed by atoms with Gasteiger partial charge in [-0.1, -0.05) is 18.2 Å². The molecule has 0 saturated heterocycles. The first-order valence-corrected chi connectivity index (χ1v) is 4.80. The molecule has 3 N–H and O–H groups in total. The van der Waals surface area contributed by atoms with Gasteiger partial charge in [0.1, 0.15) is 6.04 Å². The first kappa shape index (κ1) is 9.11. The zero-order chi connectivity index (χ0) is 10.1. The molecule has 1 aromatic heterocycles. The van der Waals surface area contributed by atoms with Crippen molar-refractivity contribution in [3.05, 3.63) is 29.1 Å². The van der Waals surface area contributed by atoms with E-state index in [0.717, 1.165) is 22.4 Å². The standard InChI is InChI=1S/C9H8N2O2S/c10-7(9(12)13)8-5-3-1-2-4-6(5)11-14-8/h1-4,7H,10H2,(H,12,13). The van der Waals surface area contributed by atoms with Gasteiger partial charge < -0.3 is 10.8 Å². The van der Waals surface area contributed by atoms with Gasteiger partial charge in [-0.25, -0.2) is 0 Å². The lowest BCUT2D eigenvalue weighted by atomic mass is 10.1. The molecule has 72 valence electrons. The van der Waals surface area contributed by atoms with Gasteiger partial charge in [0, 0.05) is 5.39 Å². The van der Waals surface area contributed by atoms with Crippen LogP contribution in [0.25, 0.3) is 10.9 Å². The third-order valence-corrected chi connectivity index (χ3v) is 2.92. The van der Waals surface area contributed by atoms with Crippen molar-refractivity contribution >= 4 is 28.4 Å². The Hall–Kier alpha value is -1.46. The molecule has 0 bridgehead atoms. The molecule has 0 amide bonds. The normalized spacial score (nSPS) is 12.9. The van der Waals surface area contributed by atoms with Gasteiger partial charge in [0.15, 0.2) is 0 Å². The Morgan fingerprint density at radius 2 is 2.21 bits per heavy atom. The van der Waals surface area contributed by atoms with E-state index in [-0.39, 0.29) is 0 Å². The molecule has 2 rings (SSSR count). The van der Waals surface area contributed by atoms with E-state index >= 15 is 0 Å². The Bertz CT molecular complexity index is 480. The van der Waals surface area contributed by atoms with Crippen molar-refractivity contribution < 1.29 is 9.90 Å². The smallest absolute Gasteiger partial charge is 0.326 e. The molecule has 14 heavy (non-hydrogen) atoms. The summed E-state index contributed by atoms with van der Waals surface area (Å²) >= 11 is 1.14. The maximum absolute atomic E-state index is 10.7. The van der Waals surface area contributed by atoms with Gasteiger partial charge in [-0.15, -0.1) is 0 Å². The second-order valence-electron chi connectivity index (χ2n) is 2.88. The van der Waals surface area contributed by atoms with Crippen LogP contribution in [0, 0.1) is 0 Å². The molecule has 1 unspecified atom stereocenters. The molecule has 0 spiro atoms. The summed E-state index contributed by atoms with van der Waals surface area (Å²) in [5.74, 6) is -1.03. The largest absolute Gasteiger partial charge is 0.480 e. The zero-order valence-electron chi connectivity index (χ0n) is 7.18. The van der Waals surface area contributed by atoms with Crippen LogP contribution in [-0.2, 0) is 4.79 Å². The molecule has 0 aliphatic heterocycles. The van der Waals surface area contributed by atoms with Crippen LogP contribution >= 0.6 is 11.5 Å². The fourth-order valence-electron chi connectivity index (χ4n) is 1.25. The lowest BCUT2D eigenvalue weighted by Gasteiger charge is -2.02. The van der Waals surface area contributed by atoms with E-state index < -0.39 is 12.0 Å². The van der Waals surface area contributed by atoms with Crippen molar-refractivity contribution in [1.29, 1.82) is 0 Å². The van der Waals surface area contributed by atoms with Crippen LogP contribution in [0.2, 0.25) is 0 Å². The highest BCUT2D eigenvalue weighted by Gasteiger charge is 2.19. The maximum atomic E-state index is 10.7.